The number of benzene rings is 2. The molecule has 4 nitrogen and oxygen atoms in total. The normalized spacial score (nSPS) is 12.8. The molecule has 0 saturated heterocycles. The lowest BCUT2D eigenvalue weighted by Gasteiger charge is -2.11. The SMILES string of the molecule is N#Cc1ccc(-c2cccc3c2CNC3)c(C(N)=O)c1. The molecule has 3 rings (SSSR count). The number of nitrogens with two attached hydrogens (primary N) is 1. The summed E-state index contributed by atoms with van der Waals surface area (Å²) < 4.78 is 0. The maximum absolute atomic E-state index is 11.7. The van der Waals surface area contributed by atoms with E-state index < -0.39 is 5.91 Å². The number of carbonyl (C=O) groups excluding carboxylic acids is 1. The van der Waals surface area contributed by atoms with Gasteiger partial charge < -0.3 is 11.1 Å². The molecule has 0 aromatic heterocycles. The summed E-state index contributed by atoms with van der Waals surface area (Å²) in [6.07, 6.45) is 0. The van der Waals surface area contributed by atoms with Crippen LogP contribution in [0.4, 0.5) is 0 Å². The Morgan fingerprint density at radius 3 is 2.80 bits per heavy atom. The highest BCUT2D eigenvalue weighted by Crippen LogP contribution is 2.31. The van der Waals surface area contributed by atoms with Crippen LogP contribution in [0.15, 0.2) is 36.4 Å². The molecule has 1 aliphatic heterocycles. The van der Waals surface area contributed by atoms with Gasteiger partial charge in [-0.3, -0.25) is 4.79 Å². The minimum Gasteiger partial charge on any atom is -0.366 e. The first-order valence-corrected chi connectivity index (χ1v) is 6.36. The number of hydrogen-bond donors (Lipinski definition) is 2. The first-order valence-electron chi connectivity index (χ1n) is 6.36. The van der Waals surface area contributed by atoms with Crippen molar-refractivity contribution in [3.63, 3.8) is 0 Å². The molecule has 20 heavy (non-hydrogen) atoms. The summed E-state index contributed by atoms with van der Waals surface area (Å²) in [5.41, 5.74) is 10.5. The van der Waals surface area contributed by atoms with Gasteiger partial charge in [-0.25, -0.2) is 0 Å². The minimum absolute atomic E-state index is 0.393. The fourth-order valence-electron chi connectivity index (χ4n) is 2.64. The summed E-state index contributed by atoms with van der Waals surface area (Å²) in [6.45, 7) is 1.62. The van der Waals surface area contributed by atoms with E-state index in [1.54, 1.807) is 18.2 Å². The van der Waals surface area contributed by atoms with Crippen molar-refractivity contribution >= 4 is 5.91 Å². The third kappa shape index (κ3) is 1.94. The van der Waals surface area contributed by atoms with E-state index in [9.17, 15) is 4.79 Å². The largest absolute Gasteiger partial charge is 0.366 e. The Morgan fingerprint density at radius 2 is 2.05 bits per heavy atom. The third-order valence-corrected chi connectivity index (χ3v) is 3.59. The molecule has 2 aromatic carbocycles. The van der Waals surface area contributed by atoms with E-state index in [2.05, 4.69) is 11.4 Å². The van der Waals surface area contributed by atoms with Gasteiger partial charge in [0.05, 0.1) is 11.6 Å². The number of nitrogens with zero attached hydrogens (tertiary/aromatic N) is 1. The van der Waals surface area contributed by atoms with E-state index in [0.717, 1.165) is 24.2 Å². The van der Waals surface area contributed by atoms with Crippen molar-refractivity contribution in [3.8, 4) is 17.2 Å². The molecule has 0 saturated carbocycles. The Bertz CT molecular complexity index is 744. The van der Waals surface area contributed by atoms with Crippen molar-refractivity contribution < 1.29 is 4.79 Å². The topological polar surface area (TPSA) is 78.9 Å². The smallest absolute Gasteiger partial charge is 0.249 e. The third-order valence-electron chi connectivity index (χ3n) is 3.59. The van der Waals surface area contributed by atoms with Gasteiger partial charge >= 0.3 is 0 Å². The Morgan fingerprint density at radius 1 is 1.20 bits per heavy atom. The molecule has 1 amide bonds. The molecule has 0 atom stereocenters. The van der Waals surface area contributed by atoms with Crippen LogP contribution in [0.1, 0.15) is 27.0 Å². The molecule has 0 fully saturated rings. The van der Waals surface area contributed by atoms with Crippen LogP contribution in [0.5, 0.6) is 0 Å². The Labute approximate surface area is 116 Å². The average Bonchev–Trinajstić information content (AvgIpc) is 2.95. The molecule has 0 aliphatic carbocycles. The fraction of sp³-hybridized carbons (Fsp3) is 0.125. The molecule has 0 bridgehead atoms. The summed E-state index contributed by atoms with van der Waals surface area (Å²) in [4.78, 5) is 11.7. The molecule has 3 N–H and O–H groups in total. The molecular weight excluding hydrogens is 250 g/mol. The van der Waals surface area contributed by atoms with Gasteiger partial charge in [0.15, 0.2) is 0 Å². The number of rotatable bonds is 2. The molecule has 1 aliphatic rings. The van der Waals surface area contributed by atoms with Crippen LogP contribution < -0.4 is 11.1 Å². The number of primary amides is 1. The molecule has 1 heterocycles. The van der Waals surface area contributed by atoms with Crippen LogP contribution >= 0.6 is 0 Å². The maximum atomic E-state index is 11.7. The first kappa shape index (κ1) is 12.4. The van der Waals surface area contributed by atoms with Crippen LogP contribution in [-0.4, -0.2) is 5.91 Å². The molecule has 4 heteroatoms. The number of nitrogens with one attached hydrogen (secondary N) is 1. The summed E-state index contributed by atoms with van der Waals surface area (Å²) >= 11 is 0. The second-order valence-corrected chi connectivity index (χ2v) is 4.78. The van der Waals surface area contributed by atoms with Gasteiger partial charge in [0.2, 0.25) is 5.91 Å². The molecule has 0 spiro atoms. The molecule has 0 unspecified atom stereocenters. The van der Waals surface area contributed by atoms with Crippen molar-refractivity contribution in [3.05, 3.63) is 58.7 Å². The lowest BCUT2D eigenvalue weighted by molar-refractivity contribution is 0.100. The van der Waals surface area contributed by atoms with Crippen molar-refractivity contribution in [2.24, 2.45) is 5.73 Å². The number of carbonyl (C=O) groups is 1. The van der Waals surface area contributed by atoms with Gasteiger partial charge in [0, 0.05) is 18.7 Å². The maximum Gasteiger partial charge on any atom is 0.249 e. The highest BCUT2D eigenvalue weighted by Gasteiger charge is 2.18. The van der Waals surface area contributed by atoms with Crippen molar-refractivity contribution in [2.45, 2.75) is 13.1 Å². The Balaban J connectivity index is 2.23. The van der Waals surface area contributed by atoms with Crippen molar-refractivity contribution in [1.29, 1.82) is 5.26 Å². The highest BCUT2D eigenvalue weighted by molar-refractivity contribution is 6.00. The minimum atomic E-state index is -0.513. The zero-order valence-corrected chi connectivity index (χ0v) is 10.8. The van der Waals surface area contributed by atoms with E-state index in [4.69, 9.17) is 11.0 Å². The second-order valence-electron chi connectivity index (χ2n) is 4.78. The number of hydrogen-bond acceptors (Lipinski definition) is 3. The van der Waals surface area contributed by atoms with E-state index in [-0.39, 0.29) is 0 Å². The van der Waals surface area contributed by atoms with Gasteiger partial charge in [-0.05, 0) is 34.4 Å². The summed E-state index contributed by atoms with van der Waals surface area (Å²) in [5.74, 6) is -0.513. The van der Waals surface area contributed by atoms with Gasteiger partial charge in [0.1, 0.15) is 0 Å². The number of fused-ring (bicyclic) bond motifs is 1. The standard InChI is InChI=1S/C16H13N3O/c17-7-10-4-5-13(14(6-10)16(18)20)12-3-1-2-11-8-19-9-15(11)12/h1-6,19H,8-9H2,(H2,18,20). The summed E-state index contributed by atoms with van der Waals surface area (Å²) in [7, 11) is 0. The highest BCUT2D eigenvalue weighted by atomic mass is 16.1. The van der Waals surface area contributed by atoms with Crippen LogP contribution in [0.2, 0.25) is 0 Å². The summed E-state index contributed by atoms with van der Waals surface area (Å²) in [5, 5.41) is 12.2. The lowest BCUT2D eigenvalue weighted by atomic mass is 9.92. The molecule has 2 aromatic rings. The fourth-order valence-corrected chi connectivity index (χ4v) is 2.64. The van der Waals surface area contributed by atoms with Gasteiger partial charge in [-0.15, -0.1) is 0 Å². The number of nitriles is 1. The van der Waals surface area contributed by atoms with Gasteiger partial charge in [-0.1, -0.05) is 24.3 Å². The van der Waals surface area contributed by atoms with Crippen LogP contribution in [-0.2, 0) is 13.1 Å². The molecule has 98 valence electrons. The number of amides is 1. The van der Waals surface area contributed by atoms with E-state index in [1.165, 1.54) is 11.1 Å². The monoisotopic (exact) mass is 263 g/mol. The quantitative estimate of drug-likeness (QED) is 0.868. The predicted octanol–water partition coefficient (Wildman–Crippen LogP) is 1.93. The van der Waals surface area contributed by atoms with E-state index >= 15 is 0 Å². The van der Waals surface area contributed by atoms with Gasteiger partial charge in [0.25, 0.3) is 0 Å². The van der Waals surface area contributed by atoms with Crippen molar-refractivity contribution in [1.82, 2.24) is 5.32 Å². The Hall–Kier alpha value is -2.64. The van der Waals surface area contributed by atoms with E-state index in [1.807, 2.05) is 18.2 Å². The van der Waals surface area contributed by atoms with Crippen molar-refractivity contribution in [2.75, 3.05) is 0 Å². The Kier molecular flexibility index (Phi) is 2.97. The van der Waals surface area contributed by atoms with Gasteiger partial charge in [-0.2, -0.15) is 5.26 Å². The zero-order chi connectivity index (χ0) is 14.1. The zero-order valence-electron chi connectivity index (χ0n) is 10.8. The van der Waals surface area contributed by atoms with Crippen LogP contribution in [0.3, 0.4) is 0 Å². The summed E-state index contributed by atoms with van der Waals surface area (Å²) in [6, 6.07) is 13.1. The molecular formula is C16H13N3O. The predicted molar refractivity (Wildman–Crippen MR) is 75.7 cm³/mol. The van der Waals surface area contributed by atoms with Crippen LogP contribution in [0.25, 0.3) is 11.1 Å². The second kappa shape index (κ2) is 4.80. The lowest BCUT2D eigenvalue weighted by Crippen LogP contribution is -2.13. The average molecular weight is 263 g/mol. The molecule has 0 radical (unpaired) electrons. The van der Waals surface area contributed by atoms with E-state index in [0.29, 0.717) is 11.1 Å². The van der Waals surface area contributed by atoms with Crippen LogP contribution in [0, 0.1) is 11.3 Å². The first-order chi connectivity index (χ1) is 9.70.